The zero-order valence-electron chi connectivity index (χ0n) is 13.4. The van der Waals surface area contributed by atoms with Crippen molar-refractivity contribution >= 4 is 27.2 Å². The SMILES string of the molecule is O=c1c2c3c(sc2ncn1CCn1nc2ccccn2c1=O)CCC3. The molecule has 25 heavy (non-hydrogen) atoms. The molecule has 0 aliphatic heterocycles. The zero-order chi connectivity index (χ0) is 17.0. The van der Waals surface area contributed by atoms with Crippen LogP contribution >= 0.6 is 11.3 Å². The monoisotopic (exact) mass is 353 g/mol. The number of aromatic nitrogens is 5. The first-order chi connectivity index (χ1) is 12.2. The lowest BCUT2D eigenvalue weighted by molar-refractivity contribution is 0.509. The third-order valence-electron chi connectivity index (χ3n) is 4.73. The fourth-order valence-electron chi connectivity index (χ4n) is 3.50. The van der Waals surface area contributed by atoms with Gasteiger partial charge in [0.2, 0.25) is 0 Å². The standard InChI is InChI=1S/C17H15N5O2S/c23-16-14-11-4-3-5-12(11)25-15(14)18-10-20(16)8-9-22-17(24)21-7-2-1-6-13(21)19-22/h1-2,6-7,10H,3-5,8-9H2. The lowest BCUT2D eigenvalue weighted by Gasteiger charge is -2.05. The normalized spacial score (nSPS) is 13.8. The van der Waals surface area contributed by atoms with E-state index in [1.165, 1.54) is 19.5 Å². The number of rotatable bonds is 3. The van der Waals surface area contributed by atoms with Crippen molar-refractivity contribution in [3.05, 3.63) is 62.0 Å². The fraction of sp³-hybridized carbons (Fsp3) is 0.294. The Hall–Kier alpha value is -2.74. The Labute approximate surface area is 145 Å². The smallest absolute Gasteiger partial charge is 0.297 e. The maximum absolute atomic E-state index is 12.8. The van der Waals surface area contributed by atoms with Gasteiger partial charge in [0.15, 0.2) is 5.65 Å². The molecule has 4 heterocycles. The molecule has 0 N–H and O–H groups in total. The Morgan fingerprint density at radius 2 is 2.08 bits per heavy atom. The number of thiophene rings is 1. The van der Waals surface area contributed by atoms with E-state index in [4.69, 9.17) is 0 Å². The highest BCUT2D eigenvalue weighted by atomic mass is 32.1. The second kappa shape index (κ2) is 5.38. The highest BCUT2D eigenvalue weighted by molar-refractivity contribution is 7.18. The van der Waals surface area contributed by atoms with E-state index < -0.39 is 0 Å². The van der Waals surface area contributed by atoms with Crippen molar-refractivity contribution in [1.29, 1.82) is 0 Å². The van der Waals surface area contributed by atoms with E-state index in [1.54, 1.807) is 40.6 Å². The van der Waals surface area contributed by atoms with Gasteiger partial charge < -0.3 is 0 Å². The van der Waals surface area contributed by atoms with Crippen molar-refractivity contribution in [3.63, 3.8) is 0 Å². The minimum absolute atomic E-state index is 0.0128. The average molecular weight is 353 g/mol. The Kier molecular flexibility index (Phi) is 3.14. The van der Waals surface area contributed by atoms with Gasteiger partial charge in [-0.05, 0) is 37.0 Å². The second-order valence-electron chi connectivity index (χ2n) is 6.22. The van der Waals surface area contributed by atoms with Crippen LogP contribution in [0.5, 0.6) is 0 Å². The summed E-state index contributed by atoms with van der Waals surface area (Å²) in [6, 6.07) is 5.41. The van der Waals surface area contributed by atoms with E-state index >= 15 is 0 Å². The van der Waals surface area contributed by atoms with Crippen LogP contribution in [-0.2, 0) is 25.9 Å². The number of pyridine rings is 1. The number of fused-ring (bicyclic) bond motifs is 4. The summed E-state index contributed by atoms with van der Waals surface area (Å²) in [4.78, 5) is 31.7. The van der Waals surface area contributed by atoms with Crippen molar-refractivity contribution in [2.24, 2.45) is 0 Å². The molecule has 0 aromatic carbocycles. The third-order valence-corrected chi connectivity index (χ3v) is 5.93. The van der Waals surface area contributed by atoms with Gasteiger partial charge in [0.25, 0.3) is 5.56 Å². The summed E-state index contributed by atoms with van der Waals surface area (Å²) in [7, 11) is 0. The quantitative estimate of drug-likeness (QED) is 0.559. The van der Waals surface area contributed by atoms with Crippen LogP contribution < -0.4 is 11.2 Å². The lowest BCUT2D eigenvalue weighted by atomic mass is 10.2. The summed E-state index contributed by atoms with van der Waals surface area (Å²) < 4.78 is 4.48. The van der Waals surface area contributed by atoms with E-state index in [-0.39, 0.29) is 11.2 Å². The maximum atomic E-state index is 12.8. The predicted molar refractivity (Wildman–Crippen MR) is 95.4 cm³/mol. The fourth-order valence-corrected chi connectivity index (χ4v) is 4.71. The molecule has 0 bridgehead atoms. The highest BCUT2D eigenvalue weighted by Gasteiger charge is 2.21. The van der Waals surface area contributed by atoms with E-state index in [0.29, 0.717) is 18.7 Å². The van der Waals surface area contributed by atoms with Gasteiger partial charge in [-0.15, -0.1) is 16.4 Å². The van der Waals surface area contributed by atoms with E-state index in [1.807, 2.05) is 6.07 Å². The van der Waals surface area contributed by atoms with Crippen LogP contribution in [0.4, 0.5) is 0 Å². The second-order valence-corrected chi connectivity index (χ2v) is 7.30. The van der Waals surface area contributed by atoms with Gasteiger partial charge in [-0.3, -0.25) is 13.8 Å². The van der Waals surface area contributed by atoms with Gasteiger partial charge in [0.05, 0.1) is 18.3 Å². The Bertz CT molecular complexity index is 1230. The average Bonchev–Trinajstić information content (AvgIpc) is 3.28. The third kappa shape index (κ3) is 2.17. The van der Waals surface area contributed by atoms with Crippen molar-refractivity contribution in [2.45, 2.75) is 32.4 Å². The van der Waals surface area contributed by atoms with Crippen molar-refractivity contribution in [3.8, 4) is 0 Å². The van der Waals surface area contributed by atoms with Crippen LogP contribution in [0, 0.1) is 0 Å². The summed E-state index contributed by atoms with van der Waals surface area (Å²) in [5.74, 6) is 0. The zero-order valence-corrected chi connectivity index (χ0v) is 14.2. The van der Waals surface area contributed by atoms with Crippen molar-refractivity contribution < 1.29 is 0 Å². The molecule has 0 unspecified atom stereocenters. The van der Waals surface area contributed by atoms with Gasteiger partial charge in [0, 0.05) is 17.6 Å². The molecule has 4 aromatic rings. The highest BCUT2D eigenvalue weighted by Crippen LogP contribution is 2.34. The molecule has 4 aromatic heterocycles. The molecule has 0 amide bonds. The molecule has 126 valence electrons. The van der Waals surface area contributed by atoms with Crippen LogP contribution in [0.1, 0.15) is 16.9 Å². The maximum Gasteiger partial charge on any atom is 0.350 e. The Balaban J connectivity index is 1.52. The van der Waals surface area contributed by atoms with Gasteiger partial charge in [-0.1, -0.05) is 6.07 Å². The largest absolute Gasteiger partial charge is 0.350 e. The minimum atomic E-state index is -0.200. The van der Waals surface area contributed by atoms with Gasteiger partial charge in [-0.25, -0.2) is 14.5 Å². The summed E-state index contributed by atoms with van der Waals surface area (Å²) in [5.41, 5.74) is 1.57. The first-order valence-electron chi connectivity index (χ1n) is 8.26. The predicted octanol–water partition coefficient (Wildman–Crippen LogP) is 1.46. The van der Waals surface area contributed by atoms with Crippen LogP contribution in [0.15, 0.2) is 40.3 Å². The molecule has 5 rings (SSSR count). The number of hydrogen-bond acceptors (Lipinski definition) is 5. The molecule has 0 atom stereocenters. The minimum Gasteiger partial charge on any atom is -0.297 e. The molecule has 0 saturated carbocycles. The summed E-state index contributed by atoms with van der Waals surface area (Å²) >= 11 is 1.63. The first-order valence-corrected chi connectivity index (χ1v) is 9.08. The summed E-state index contributed by atoms with van der Waals surface area (Å²) in [5, 5.41) is 5.07. The molecular formula is C17H15N5O2S. The topological polar surface area (TPSA) is 74.2 Å². The number of aryl methyl sites for hydroxylation is 4. The van der Waals surface area contributed by atoms with Gasteiger partial charge in [-0.2, -0.15) is 0 Å². The Morgan fingerprint density at radius 1 is 1.16 bits per heavy atom. The number of hydrogen-bond donors (Lipinski definition) is 0. The van der Waals surface area contributed by atoms with Crippen LogP contribution in [-0.4, -0.2) is 23.7 Å². The van der Waals surface area contributed by atoms with Gasteiger partial charge >= 0.3 is 5.69 Å². The van der Waals surface area contributed by atoms with E-state index in [0.717, 1.165) is 29.5 Å². The molecular weight excluding hydrogens is 338 g/mol. The van der Waals surface area contributed by atoms with Crippen molar-refractivity contribution in [2.75, 3.05) is 0 Å². The molecule has 0 spiro atoms. The number of nitrogens with zero attached hydrogens (tertiary/aromatic N) is 5. The Morgan fingerprint density at radius 3 is 2.96 bits per heavy atom. The molecule has 8 heteroatoms. The first kappa shape index (κ1) is 14.6. The van der Waals surface area contributed by atoms with E-state index in [9.17, 15) is 9.59 Å². The van der Waals surface area contributed by atoms with Gasteiger partial charge in [0.1, 0.15) is 4.83 Å². The molecule has 1 aliphatic rings. The van der Waals surface area contributed by atoms with Crippen LogP contribution in [0.2, 0.25) is 0 Å². The molecule has 0 radical (unpaired) electrons. The van der Waals surface area contributed by atoms with Crippen LogP contribution in [0.3, 0.4) is 0 Å². The molecule has 0 saturated heterocycles. The van der Waals surface area contributed by atoms with Crippen molar-refractivity contribution in [1.82, 2.24) is 23.7 Å². The lowest BCUT2D eigenvalue weighted by Crippen LogP contribution is -2.27. The molecule has 7 nitrogen and oxygen atoms in total. The van der Waals surface area contributed by atoms with E-state index in [2.05, 4.69) is 10.1 Å². The molecule has 0 fully saturated rings. The van der Waals surface area contributed by atoms with Crippen LogP contribution in [0.25, 0.3) is 15.9 Å². The summed E-state index contributed by atoms with van der Waals surface area (Å²) in [6.07, 6.45) is 6.39. The summed E-state index contributed by atoms with van der Waals surface area (Å²) in [6.45, 7) is 0.704. The molecule has 1 aliphatic carbocycles.